The third kappa shape index (κ3) is 1.63. The molecule has 0 fully saturated rings. The number of rotatable bonds is 1. The second kappa shape index (κ2) is 4.11. The predicted molar refractivity (Wildman–Crippen MR) is 69.2 cm³/mol. The predicted octanol–water partition coefficient (Wildman–Crippen LogP) is 2.46. The maximum Gasteiger partial charge on any atom is 0.265 e. The summed E-state index contributed by atoms with van der Waals surface area (Å²) in [6, 6.07) is 7.64. The number of fused-ring (bicyclic) bond motifs is 1. The van der Waals surface area contributed by atoms with Gasteiger partial charge in [-0.3, -0.25) is 4.79 Å². The van der Waals surface area contributed by atoms with Crippen molar-refractivity contribution in [2.24, 2.45) is 0 Å². The lowest BCUT2D eigenvalue weighted by atomic mass is 9.87. The first kappa shape index (κ1) is 12.7. The SMILES string of the molecule is Cc1ccc([C@@]2(O)C(=O)Nc3ccc(F)cc32)cc1F. The Morgan fingerprint density at radius 3 is 2.60 bits per heavy atom. The van der Waals surface area contributed by atoms with Crippen LogP contribution >= 0.6 is 0 Å². The van der Waals surface area contributed by atoms with Crippen LogP contribution in [0.5, 0.6) is 0 Å². The van der Waals surface area contributed by atoms with Gasteiger partial charge in [-0.05, 0) is 36.8 Å². The Morgan fingerprint density at radius 2 is 1.90 bits per heavy atom. The minimum absolute atomic E-state index is 0.0717. The van der Waals surface area contributed by atoms with Crippen LogP contribution in [0.4, 0.5) is 14.5 Å². The molecule has 5 heteroatoms. The Bertz CT molecular complexity index is 730. The number of aryl methyl sites for hydroxylation is 1. The highest BCUT2D eigenvalue weighted by atomic mass is 19.1. The van der Waals surface area contributed by atoms with Gasteiger partial charge in [-0.15, -0.1) is 0 Å². The minimum atomic E-state index is -2.08. The number of aliphatic hydroxyl groups is 1. The van der Waals surface area contributed by atoms with Crippen LogP contribution in [-0.2, 0) is 10.4 Å². The number of amides is 1. The lowest BCUT2D eigenvalue weighted by Gasteiger charge is -2.21. The van der Waals surface area contributed by atoms with E-state index >= 15 is 0 Å². The molecule has 0 saturated carbocycles. The molecule has 3 rings (SSSR count). The topological polar surface area (TPSA) is 49.3 Å². The van der Waals surface area contributed by atoms with E-state index in [9.17, 15) is 18.7 Å². The summed E-state index contributed by atoms with van der Waals surface area (Å²) < 4.78 is 27.0. The molecule has 0 bridgehead atoms. The van der Waals surface area contributed by atoms with Crippen LogP contribution in [0.1, 0.15) is 16.7 Å². The van der Waals surface area contributed by atoms with Crippen molar-refractivity contribution in [1.29, 1.82) is 0 Å². The number of anilines is 1. The fourth-order valence-corrected chi connectivity index (χ4v) is 2.36. The summed E-state index contributed by atoms with van der Waals surface area (Å²) in [7, 11) is 0. The van der Waals surface area contributed by atoms with E-state index in [1.165, 1.54) is 24.3 Å². The molecule has 0 radical (unpaired) electrons. The summed E-state index contributed by atoms with van der Waals surface area (Å²) in [5.74, 6) is -1.83. The van der Waals surface area contributed by atoms with Gasteiger partial charge in [-0.25, -0.2) is 8.78 Å². The minimum Gasteiger partial charge on any atom is -0.372 e. The Balaban J connectivity index is 2.23. The number of carbonyl (C=O) groups is 1. The third-order valence-electron chi connectivity index (χ3n) is 3.54. The molecule has 3 nitrogen and oxygen atoms in total. The molecular weight excluding hydrogens is 264 g/mol. The summed E-state index contributed by atoms with van der Waals surface area (Å²) in [5.41, 5.74) is -1.20. The molecule has 20 heavy (non-hydrogen) atoms. The lowest BCUT2D eigenvalue weighted by molar-refractivity contribution is -0.129. The van der Waals surface area contributed by atoms with E-state index in [1.807, 2.05) is 0 Å². The molecular formula is C15H11F2NO2. The summed E-state index contributed by atoms with van der Waals surface area (Å²) in [4.78, 5) is 12.1. The number of halogens is 2. The van der Waals surface area contributed by atoms with Gasteiger partial charge in [-0.2, -0.15) is 0 Å². The van der Waals surface area contributed by atoms with E-state index in [-0.39, 0.29) is 11.1 Å². The van der Waals surface area contributed by atoms with Gasteiger partial charge < -0.3 is 10.4 Å². The first-order valence-corrected chi connectivity index (χ1v) is 6.03. The highest BCUT2D eigenvalue weighted by Gasteiger charge is 2.47. The van der Waals surface area contributed by atoms with Crippen molar-refractivity contribution < 1.29 is 18.7 Å². The van der Waals surface area contributed by atoms with Gasteiger partial charge in [0.05, 0.1) is 0 Å². The molecule has 0 aliphatic carbocycles. The Labute approximate surface area is 113 Å². The van der Waals surface area contributed by atoms with E-state index in [1.54, 1.807) is 6.92 Å². The Hall–Kier alpha value is -2.27. The molecule has 102 valence electrons. The van der Waals surface area contributed by atoms with E-state index in [0.717, 1.165) is 12.1 Å². The second-order valence-electron chi connectivity index (χ2n) is 4.82. The quantitative estimate of drug-likeness (QED) is 0.840. The van der Waals surface area contributed by atoms with E-state index in [4.69, 9.17) is 0 Å². The molecule has 1 amide bonds. The largest absolute Gasteiger partial charge is 0.372 e. The monoisotopic (exact) mass is 275 g/mol. The number of hydrogen-bond acceptors (Lipinski definition) is 2. The van der Waals surface area contributed by atoms with Crippen molar-refractivity contribution in [1.82, 2.24) is 0 Å². The van der Waals surface area contributed by atoms with E-state index in [0.29, 0.717) is 11.3 Å². The van der Waals surface area contributed by atoms with E-state index in [2.05, 4.69) is 5.32 Å². The third-order valence-corrected chi connectivity index (χ3v) is 3.54. The molecule has 1 aliphatic heterocycles. The van der Waals surface area contributed by atoms with Gasteiger partial charge >= 0.3 is 0 Å². The van der Waals surface area contributed by atoms with Gasteiger partial charge in [0.2, 0.25) is 0 Å². The molecule has 0 spiro atoms. The second-order valence-corrected chi connectivity index (χ2v) is 4.82. The average Bonchev–Trinajstić information content (AvgIpc) is 2.66. The molecule has 2 aromatic carbocycles. The van der Waals surface area contributed by atoms with Crippen molar-refractivity contribution in [2.75, 3.05) is 5.32 Å². The van der Waals surface area contributed by atoms with Gasteiger partial charge in [-0.1, -0.05) is 12.1 Å². The van der Waals surface area contributed by atoms with Crippen molar-refractivity contribution in [3.05, 3.63) is 64.7 Å². The molecule has 2 aromatic rings. The molecule has 0 unspecified atom stereocenters. The highest BCUT2D eigenvalue weighted by Crippen LogP contribution is 2.41. The zero-order valence-corrected chi connectivity index (χ0v) is 10.6. The van der Waals surface area contributed by atoms with Crippen LogP contribution in [0.2, 0.25) is 0 Å². The van der Waals surface area contributed by atoms with Crippen molar-refractivity contribution in [3.8, 4) is 0 Å². The van der Waals surface area contributed by atoms with Gasteiger partial charge in [0.1, 0.15) is 11.6 Å². The van der Waals surface area contributed by atoms with Gasteiger partial charge in [0.15, 0.2) is 5.60 Å². The highest BCUT2D eigenvalue weighted by molar-refractivity contribution is 6.07. The Morgan fingerprint density at radius 1 is 1.15 bits per heavy atom. The standard InChI is InChI=1S/C15H11F2NO2/c1-8-2-3-9(6-12(8)17)15(20)11-7-10(16)4-5-13(11)18-14(15)19/h2-7,20H,1H3,(H,18,19)/t15-/m0/s1. The number of benzene rings is 2. The average molecular weight is 275 g/mol. The smallest absolute Gasteiger partial charge is 0.265 e. The number of carbonyl (C=O) groups excluding carboxylic acids is 1. The summed E-state index contributed by atoms with van der Waals surface area (Å²) in [5, 5.41) is 13.1. The zero-order valence-electron chi connectivity index (χ0n) is 10.6. The van der Waals surface area contributed by atoms with Crippen molar-refractivity contribution in [2.45, 2.75) is 12.5 Å². The lowest BCUT2D eigenvalue weighted by Crippen LogP contribution is -2.35. The van der Waals surface area contributed by atoms with Crippen LogP contribution in [0.25, 0.3) is 0 Å². The normalized spacial score (nSPS) is 20.7. The number of nitrogens with one attached hydrogen (secondary N) is 1. The maximum atomic E-state index is 13.7. The fraction of sp³-hybridized carbons (Fsp3) is 0.133. The van der Waals surface area contributed by atoms with E-state index < -0.39 is 23.1 Å². The molecule has 1 aliphatic rings. The molecule has 2 N–H and O–H groups in total. The van der Waals surface area contributed by atoms with Crippen LogP contribution in [0.15, 0.2) is 36.4 Å². The van der Waals surface area contributed by atoms with Crippen molar-refractivity contribution >= 4 is 11.6 Å². The van der Waals surface area contributed by atoms with Gasteiger partial charge in [0, 0.05) is 16.8 Å². The summed E-state index contributed by atoms with van der Waals surface area (Å²) in [6.07, 6.45) is 0. The van der Waals surface area contributed by atoms with Crippen molar-refractivity contribution in [3.63, 3.8) is 0 Å². The molecule has 1 heterocycles. The zero-order chi connectivity index (χ0) is 14.5. The molecule has 0 aromatic heterocycles. The van der Waals surface area contributed by atoms with Crippen LogP contribution in [0, 0.1) is 18.6 Å². The van der Waals surface area contributed by atoms with Crippen LogP contribution in [0.3, 0.4) is 0 Å². The van der Waals surface area contributed by atoms with Crippen LogP contribution in [-0.4, -0.2) is 11.0 Å². The molecule has 1 atom stereocenters. The Kier molecular flexibility index (Phi) is 2.62. The first-order chi connectivity index (χ1) is 9.42. The maximum absolute atomic E-state index is 13.7. The van der Waals surface area contributed by atoms with Gasteiger partial charge in [0.25, 0.3) is 5.91 Å². The van der Waals surface area contributed by atoms with Crippen LogP contribution < -0.4 is 5.32 Å². The first-order valence-electron chi connectivity index (χ1n) is 6.03. The molecule has 0 saturated heterocycles. The summed E-state index contributed by atoms with van der Waals surface area (Å²) >= 11 is 0. The fourth-order valence-electron chi connectivity index (χ4n) is 2.36. The number of hydrogen-bond donors (Lipinski definition) is 2. The summed E-state index contributed by atoms with van der Waals surface area (Å²) in [6.45, 7) is 1.57.